The summed E-state index contributed by atoms with van der Waals surface area (Å²) in [4.78, 5) is 15.0. The van der Waals surface area contributed by atoms with Gasteiger partial charge in [0.15, 0.2) is 0 Å². The van der Waals surface area contributed by atoms with Crippen LogP contribution in [0.15, 0.2) is 47.4 Å². The maximum Gasteiger partial charge on any atom is 0.243 e. The summed E-state index contributed by atoms with van der Waals surface area (Å²) in [6, 6.07) is 13.7. The molecule has 1 N–H and O–H groups in total. The van der Waals surface area contributed by atoms with Crippen LogP contribution in [0.5, 0.6) is 0 Å². The van der Waals surface area contributed by atoms with Crippen LogP contribution < -0.4 is 5.32 Å². The molecule has 7 heteroatoms. The molecular weight excluding hydrogens is 422 g/mol. The quantitative estimate of drug-likeness (QED) is 0.661. The molecule has 1 atom stereocenters. The van der Waals surface area contributed by atoms with Crippen molar-refractivity contribution in [3.05, 3.63) is 64.7 Å². The van der Waals surface area contributed by atoms with Gasteiger partial charge in [-0.05, 0) is 43.4 Å². The summed E-state index contributed by atoms with van der Waals surface area (Å²) in [5, 5.41) is 3.24. The highest BCUT2D eigenvalue weighted by Gasteiger charge is 2.30. The van der Waals surface area contributed by atoms with Crippen LogP contribution in [0.1, 0.15) is 41.5 Å². The number of rotatable bonds is 8. The number of nitrogens with zero attached hydrogens (tertiary/aromatic N) is 2. The monoisotopic (exact) mass is 457 g/mol. The van der Waals surface area contributed by atoms with Gasteiger partial charge in [0.2, 0.25) is 15.9 Å². The van der Waals surface area contributed by atoms with E-state index in [1.165, 1.54) is 4.31 Å². The summed E-state index contributed by atoms with van der Waals surface area (Å²) in [5.74, 6) is 0.0164. The van der Waals surface area contributed by atoms with Crippen LogP contribution in [0.2, 0.25) is 0 Å². The highest BCUT2D eigenvalue weighted by molar-refractivity contribution is 7.89. The first-order valence-electron chi connectivity index (χ1n) is 11.3. The summed E-state index contributed by atoms with van der Waals surface area (Å²) >= 11 is 0. The van der Waals surface area contributed by atoms with Crippen molar-refractivity contribution >= 4 is 15.9 Å². The Bertz CT molecular complexity index is 1010. The number of carbonyl (C=O) groups excluding carboxylic acids is 1. The van der Waals surface area contributed by atoms with Crippen molar-refractivity contribution in [1.29, 1.82) is 0 Å². The Balaban J connectivity index is 1.87. The van der Waals surface area contributed by atoms with E-state index in [0.29, 0.717) is 24.5 Å². The van der Waals surface area contributed by atoms with Crippen LogP contribution >= 0.6 is 0 Å². The standard InChI is InChI=1S/C25H35N3O3S/c1-19-16-20(2)25(21(3)17-19)32(30,31)28(18-22(4)23-8-6-5-7-9-23)13-10-24(29)27-14-11-26-12-15-27/h5-9,16-17,22,26H,10-15,18H2,1-4H3/t22-/m1/s1. The second kappa shape index (κ2) is 10.6. The van der Waals surface area contributed by atoms with Crippen LogP contribution in [-0.2, 0) is 14.8 Å². The minimum absolute atomic E-state index is 0.00586. The molecule has 1 heterocycles. The zero-order chi connectivity index (χ0) is 23.3. The maximum atomic E-state index is 13.8. The topological polar surface area (TPSA) is 69.7 Å². The van der Waals surface area contributed by atoms with Gasteiger partial charge in [0.05, 0.1) is 4.90 Å². The number of amides is 1. The van der Waals surface area contributed by atoms with Crippen LogP contribution in [0.25, 0.3) is 0 Å². The molecule has 0 aromatic heterocycles. The van der Waals surface area contributed by atoms with Crippen molar-refractivity contribution in [2.75, 3.05) is 39.3 Å². The van der Waals surface area contributed by atoms with E-state index in [1.54, 1.807) is 0 Å². The molecule has 0 spiro atoms. The lowest BCUT2D eigenvalue weighted by atomic mass is 10.0. The van der Waals surface area contributed by atoms with Gasteiger partial charge in [-0.25, -0.2) is 8.42 Å². The Hall–Kier alpha value is -2.22. The molecule has 6 nitrogen and oxygen atoms in total. The smallest absolute Gasteiger partial charge is 0.243 e. The fourth-order valence-corrected chi connectivity index (χ4v) is 6.44. The second-order valence-corrected chi connectivity index (χ2v) is 10.7. The van der Waals surface area contributed by atoms with Gasteiger partial charge >= 0.3 is 0 Å². The molecule has 1 aliphatic rings. The highest BCUT2D eigenvalue weighted by Crippen LogP contribution is 2.28. The van der Waals surface area contributed by atoms with E-state index in [9.17, 15) is 13.2 Å². The number of hydrogen-bond donors (Lipinski definition) is 1. The van der Waals surface area contributed by atoms with Crippen molar-refractivity contribution < 1.29 is 13.2 Å². The Morgan fingerprint density at radius 1 is 1.06 bits per heavy atom. The van der Waals surface area contributed by atoms with E-state index >= 15 is 0 Å². The molecule has 0 bridgehead atoms. The first-order chi connectivity index (χ1) is 15.2. The van der Waals surface area contributed by atoms with Gasteiger partial charge in [-0.1, -0.05) is 55.0 Å². The van der Waals surface area contributed by atoms with Gasteiger partial charge in [0.1, 0.15) is 0 Å². The Morgan fingerprint density at radius 2 is 1.66 bits per heavy atom. The average Bonchev–Trinajstić information content (AvgIpc) is 2.76. The molecule has 0 unspecified atom stereocenters. The lowest BCUT2D eigenvalue weighted by molar-refractivity contribution is -0.131. The highest BCUT2D eigenvalue weighted by atomic mass is 32.2. The SMILES string of the molecule is Cc1cc(C)c(S(=O)(=O)N(CCC(=O)N2CCNCC2)C[C@@H](C)c2ccccc2)c(C)c1. The predicted octanol–water partition coefficient (Wildman–Crippen LogP) is 3.23. The van der Waals surface area contributed by atoms with Crippen molar-refractivity contribution in [1.82, 2.24) is 14.5 Å². The van der Waals surface area contributed by atoms with Gasteiger partial charge < -0.3 is 10.2 Å². The molecule has 1 fully saturated rings. The minimum atomic E-state index is -3.76. The number of piperazine rings is 1. The summed E-state index contributed by atoms with van der Waals surface area (Å²) < 4.78 is 29.2. The number of benzene rings is 2. The van der Waals surface area contributed by atoms with Crippen LogP contribution in [0.4, 0.5) is 0 Å². The fourth-order valence-electron chi connectivity index (χ4n) is 4.50. The molecule has 32 heavy (non-hydrogen) atoms. The number of hydrogen-bond acceptors (Lipinski definition) is 4. The lowest BCUT2D eigenvalue weighted by Crippen LogP contribution is -2.47. The normalized spacial score (nSPS) is 15.7. The van der Waals surface area contributed by atoms with Crippen molar-refractivity contribution in [3.63, 3.8) is 0 Å². The minimum Gasteiger partial charge on any atom is -0.340 e. The van der Waals surface area contributed by atoms with E-state index in [4.69, 9.17) is 0 Å². The van der Waals surface area contributed by atoms with E-state index in [1.807, 2.05) is 75.1 Å². The molecule has 2 aromatic carbocycles. The zero-order valence-electron chi connectivity index (χ0n) is 19.6. The van der Waals surface area contributed by atoms with Crippen LogP contribution in [-0.4, -0.2) is 62.8 Å². The Morgan fingerprint density at radius 3 is 2.25 bits per heavy atom. The zero-order valence-corrected chi connectivity index (χ0v) is 20.4. The van der Waals surface area contributed by atoms with Crippen molar-refractivity contribution in [2.45, 2.75) is 44.9 Å². The van der Waals surface area contributed by atoms with Gasteiger partial charge in [0, 0.05) is 45.7 Å². The number of sulfonamides is 1. The summed E-state index contributed by atoms with van der Waals surface area (Å²) in [7, 11) is -3.76. The first kappa shape index (κ1) is 24.4. The maximum absolute atomic E-state index is 13.8. The summed E-state index contributed by atoms with van der Waals surface area (Å²) in [6.07, 6.45) is 0.185. The number of carbonyl (C=O) groups is 1. The average molecular weight is 458 g/mol. The van der Waals surface area contributed by atoms with Crippen LogP contribution in [0.3, 0.4) is 0 Å². The third-order valence-corrected chi connectivity index (χ3v) is 8.26. The third-order valence-electron chi connectivity index (χ3n) is 6.09. The molecule has 0 aliphatic carbocycles. The number of nitrogens with one attached hydrogen (secondary N) is 1. The van der Waals surface area contributed by atoms with E-state index < -0.39 is 10.0 Å². The molecule has 2 aromatic rings. The Kier molecular flexibility index (Phi) is 8.09. The first-order valence-corrected chi connectivity index (χ1v) is 12.8. The van der Waals surface area contributed by atoms with E-state index in [-0.39, 0.29) is 24.8 Å². The van der Waals surface area contributed by atoms with Crippen LogP contribution in [0, 0.1) is 20.8 Å². The molecule has 1 amide bonds. The molecule has 3 rings (SSSR count). The third kappa shape index (κ3) is 5.77. The Labute approximate surface area is 192 Å². The fraction of sp³-hybridized carbons (Fsp3) is 0.480. The van der Waals surface area contributed by atoms with Crippen molar-refractivity contribution in [3.8, 4) is 0 Å². The summed E-state index contributed by atoms with van der Waals surface area (Å²) in [5.41, 5.74) is 3.61. The van der Waals surface area contributed by atoms with Crippen molar-refractivity contribution in [2.24, 2.45) is 0 Å². The predicted molar refractivity (Wildman–Crippen MR) is 128 cm³/mol. The molecule has 1 aliphatic heterocycles. The van der Waals surface area contributed by atoms with E-state index in [0.717, 1.165) is 35.3 Å². The second-order valence-electron chi connectivity index (χ2n) is 8.78. The molecular formula is C25H35N3O3S. The number of aryl methyl sites for hydroxylation is 3. The molecule has 0 saturated carbocycles. The summed E-state index contributed by atoms with van der Waals surface area (Å²) in [6.45, 7) is 11.1. The largest absolute Gasteiger partial charge is 0.340 e. The molecule has 174 valence electrons. The molecule has 0 radical (unpaired) electrons. The van der Waals surface area contributed by atoms with E-state index in [2.05, 4.69) is 5.32 Å². The van der Waals surface area contributed by atoms with Gasteiger partial charge in [0.25, 0.3) is 0 Å². The lowest BCUT2D eigenvalue weighted by Gasteiger charge is -2.30. The molecule has 1 saturated heterocycles. The van der Waals surface area contributed by atoms with Gasteiger partial charge in [-0.2, -0.15) is 4.31 Å². The van der Waals surface area contributed by atoms with Gasteiger partial charge in [-0.3, -0.25) is 4.79 Å². The van der Waals surface area contributed by atoms with Gasteiger partial charge in [-0.15, -0.1) is 0 Å².